The van der Waals surface area contributed by atoms with E-state index < -0.39 is 0 Å². The zero-order chi connectivity index (χ0) is 11.9. The Morgan fingerprint density at radius 2 is 1.60 bits per heavy atom. The molecule has 1 aromatic carbocycles. The molecular weight excluding hydrogens is 252 g/mol. The van der Waals surface area contributed by atoms with Crippen molar-refractivity contribution in [1.29, 1.82) is 0 Å². The molecular formula is C13H23BrO. The van der Waals surface area contributed by atoms with Crippen LogP contribution in [0, 0.1) is 0 Å². The van der Waals surface area contributed by atoms with Crippen LogP contribution in [0.1, 0.15) is 34.1 Å². The zero-order valence-electron chi connectivity index (χ0n) is 10.3. The fourth-order valence-corrected chi connectivity index (χ4v) is 1.01. The first-order chi connectivity index (χ1) is 7.31. The summed E-state index contributed by atoms with van der Waals surface area (Å²) in [4.78, 5) is 0. The predicted molar refractivity (Wildman–Crippen MR) is 72.3 cm³/mol. The number of benzene rings is 1. The third kappa shape index (κ3) is 16.3. The van der Waals surface area contributed by atoms with Gasteiger partial charge in [-0.05, 0) is 25.5 Å². The van der Waals surface area contributed by atoms with E-state index in [1.54, 1.807) is 0 Å². The molecule has 15 heavy (non-hydrogen) atoms. The molecule has 0 fully saturated rings. The van der Waals surface area contributed by atoms with E-state index in [4.69, 9.17) is 4.74 Å². The lowest BCUT2D eigenvalue weighted by Gasteiger charge is -1.91. The third-order valence-corrected chi connectivity index (χ3v) is 1.81. The summed E-state index contributed by atoms with van der Waals surface area (Å²) in [5.74, 6) is 0. The van der Waals surface area contributed by atoms with Crippen LogP contribution >= 0.6 is 15.9 Å². The van der Waals surface area contributed by atoms with Crippen LogP contribution in [-0.4, -0.2) is 13.2 Å². The fraction of sp³-hybridized carbons (Fsp3) is 0.538. The van der Waals surface area contributed by atoms with Gasteiger partial charge in [0, 0.05) is 17.7 Å². The van der Waals surface area contributed by atoms with Crippen LogP contribution in [0.3, 0.4) is 0 Å². The Balaban J connectivity index is 0. The van der Waals surface area contributed by atoms with E-state index in [9.17, 15) is 0 Å². The van der Waals surface area contributed by atoms with E-state index in [2.05, 4.69) is 22.9 Å². The molecule has 1 aromatic rings. The van der Waals surface area contributed by atoms with Crippen LogP contribution in [0.2, 0.25) is 0 Å². The van der Waals surface area contributed by atoms with Crippen molar-refractivity contribution in [2.24, 2.45) is 0 Å². The molecule has 1 nitrogen and oxygen atoms in total. The van der Waals surface area contributed by atoms with Crippen LogP contribution < -0.4 is 0 Å². The molecule has 0 heterocycles. The van der Waals surface area contributed by atoms with E-state index in [1.807, 2.05) is 51.1 Å². The average Bonchev–Trinajstić information content (AvgIpc) is 2.31. The number of rotatable bonds is 3. The maximum Gasteiger partial charge on any atom is 0.0463 e. The average molecular weight is 275 g/mol. The van der Waals surface area contributed by atoms with Crippen LogP contribution in [0.15, 0.2) is 34.8 Å². The Morgan fingerprint density at radius 3 is 1.80 bits per heavy atom. The molecule has 88 valence electrons. The molecule has 0 atom stereocenters. The minimum absolute atomic E-state index is 0.855. The lowest BCUT2D eigenvalue weighted by Crippen LogP contribution is -1.88. The van der Waals surface area contributed by atoms with Crippen molar-refractivity contribution in [3.05, 3.63) is 34.8 Å². The van der Waals surface area contributed by atoms with Gasteiger partial charge in [-0.3, -0.25) is 0 Å². The normalized spacial score (nSPS) is 8.07. The van der Waals surface area contributed by atoms with Crippen LogP contribution in [0.5, 0.6) is 0 Å². The van der Waals surface area contributed by atoms with E-state index in [0.717, 1.165) is 24.1 Å². The second kappa shape index (κ2) is 16.1. The van der Waals surface area contributed by atoms with Gasteiger partial charge in [-0.1, -0.05) is 54.9 Å². The highest BCUT2D eigenvalue weighted by Gasteiger charge is 1.74. The van der Waals surface area contributed by atoms with Crippen molar-refractivity contribution in [3.8, 4) is 0 Å². The Hall–Kier alpha value is -0.340. The summed E-state index contributed by atoms with van der Waals surface area (Å²) in [5.41, 5.74) is 0. The molecule has 0 N–H and O–H groups in total. The summed E-state index contributed by atoms with van der Waals surface area (Å²) in [6.07, 6.45) is 1.13. The topological polar surface area (TPSA) is 9.23 Å². The van der Waals surface area contributed by atoms with Gasteiger partial charge in [-0.15, -0.1) is 0 Å². The molecule has 2 heteroatoms. The molecule has 0 aliphatic heterocycles. The number of ether oxygens (including phenoxy) is 1. The second-order valence-corrected chi connectivity index (χ2v) is 3.41. The first-order valence-electron chi connectivity index (χ1n) is 5.59. The highest BCUT2D eigenvalue weighted by atomic mass is 79.9. The molecule has 0 spiro atoms. The minimum Gasteiger partial charge on any atom is -0.382 e. The van der Waals surface area contributed by atoms with Crippen molar-refractivity contribution in [2.45, 2.75) is 34.1 Å². The van der Waals surface area contributed by atoms with Gasteiger partial charge in [-0.25, -0.2) is 0 Å². The smallest absolute Gasteiger partial charge is 0.0463 e. The molecule has 0 aliphatic carbocycles. The largest absolute Gasteiger partial charge is 0.382 e. The van der Waals surface area contributed by atoms with Gasteiger partial charge in [0.25, 0.3) is 0 Å². The molecule has 0 aliphatic rings. The highest BCUT2D eigenvalue weighted by Crippen LogP contribution is 2.05. The first-order valence-corrected chi connectivity index (χ1v) is 6.38. The van der Waals surface area contributed by atoms with Crippen molar-refractivity contribution in [2.75, 3.05) is 13.2 Å². The Kier molecular flexibility index (Phi) is 18.3. The van der Waals surface area contributed by atoms with Gasteiger partial charge in [0.05, 0.1) is 0 Å². The maximum absolute atomic E-state index is 4.98. The number of halogens is 1. The molecule has 1 rings (SSSR count). The summed E-state index contributed by atoms with van der Waals surface area (Å²) >= 11 is 3.31. The van der Waals surface area contributed by atoms with Gasteiger partial charge in [-0.2, -0.15) is 0 Å². The van der Waals surface area contributed by atoms with Crippen LogP contribution in [0.4, 0.5) is 0 Å². The van der Waals surface area contributed by atoms with Crippen LogP contribution in [-0.2, 0) is 4.74 Å². The van der Waals surface area contributed by atoms with E-state index in [0.29, 0.717) is 0 Å². The van der Waals surface area contributed by atoms with Crippen molar-refractivity contribution in [3.63, 3.8) is 0 Å². The van der Waals surface area contributed by atoms with E-state index >= 15 is 0 Å². The molecule has 0 bridgehead atoms. The highest BCUT2D eigenvalue weighted by molar-refractivity contribution is 9.10. The van der Waals surface area contributed by atoms with E-state index in [1.165, 1.54) is 0 Å². The summed E-state index contributed by atoms with van der Waals surface area (Å²) in [6, 6.07) is 9.97. The Morgan fingerprint density at radius 1 is 1.07 bits per heavy atom. The van der Waals surface area contributed by atoms with Gasteiger partial charge < -0.3 is 4.74 Å². The van der Waals surface area contributed by atoms with Crippen LogP contribution in [0.25, 0.3) is 0 Å². The van der Waals surface area contributed by atoms with Gasteiger partial charge in [0.2, 0.25) is 0 Å². The van der Waals surface area contributed by atoms with Gasteiger partial charge >= 0.3 is 0 Å². The lowest BCUT2D eigenvalue weighted by molar-refractivity contribution is 0.148. The summed E-state index contributed by atoms with van der Waals surface area (Å²) in [7, 11) is 0. The molecule has 0 saturated heterocycles. The Labute approximate surface area is 103 Å². The lowest BCUT2D eigenvalue weighted by atomic mass is 10.4. The van der Waals surface area contributed by atoms with Gasteiger partial charge in [0.1, 0.15) is 0 Å². The fourth-order valence-electron chi connectivity index (χ4n) is 0.703. The SMILES string of the molecule is Brc1ccccc1.CC.CCCOCC. The van der Waals surface area contributed by atoms with Crippen molar-refractivity contribution >= 4 is 15.9 Å². The minimum atomic E-state index is 0.855. The van der Waals surface area contributed by atoms with Crippen molar-refractivity contribution in [1.82, 2.24) is 0 Å². The third-order valence-electron chi connectivity index (χ3n) is 1.29. The molecule has 0 aromatic heterocycles. The monoisotopic (exact) mass is 274 g/mol. The molecule has 0 radical (unpaired) electrons. The second-order valence-electron chi connectivity index (χ2n) is 2.49. The molecule has 0 amide bonds. The van der Waals surface area contributed by atoms with E-state index in [-0.39, 0.29) is 0 Å². The van der Waals surface area contributed by atoms with Gasteiger partial charge in [0.15, 0.2) is 0 Å². The van der Waals surface area contributed by atoms with Crippen molar-refractivity contribution < 1.29 is 4.74 Å². The first kappa shape index (κ1) is 17.1. The summed E-state index contributed by atoms with van der Waals surface area (Å²) in [6.45, 7) is 9.88. The molecule has 0 saturated carbocycles. The number of hydrogen-bond acceptors (Lipinski definition) is 1. The maximum atomic E-state index is 4.98. The standard InChI is InChI=1S/C6H5Br.C5H12O.C2H6/c7-6-4-2-1-3-5-6;1-3-5-6-4-2;1-2/h1-5H;3-5H2,1-2H3;1-2H3. The molecule has 0 unspecified atom stereocenters. The predicted octanol–water partition coefficient (Wildman–Crippen LogP) is 4.91. The summed E-state index contributed by atoms with van der Waals surface area (Å²) < 4.78 is 6.12. The quantitative estimate of drug-likeness (QED) is 0.712. The zero-order valence-corrected chi connectivity index (χ0v) is 11.9. The number of hydrogen-bond donors (Lipinski definition) is 0. The Bertz CT molecular complexity index is 183. The summed E-state index contributed by atoms with van der Waals surface area (Å²) in [5, 5.41) is 0.